The van der Waals surface area contributed by atoms with E-state index >= 15 is 0 Å². The molecule has 0 unspecified atom stereocenters. The van der Waals surface area contributed by atoms with Gasteiger partial charge in [-0.05, 0) is 42.4 Å². The lowest BCUT2D eigenvalue weighted by Crippen LogP contribution is -2.33. The first-order chi connectivity index (χ1) is 12.8. The Morgan fingerprint density at radius 1 is 1.00 bits per heavy atom. The van der Waals surface area contributed by atoms with Crippen molar-refractivity contribution in [3.63, 3.8) is 0 Å². The Morgan fingerprint density at radius 2 is 1.67 bits per heavy atom. The average Bonchev–Trinajstić information content (AvgIpc) is 2.65. The predicted molar refractivity (Wildman–Crippen MR) is 96.2 cm³/mol. The Hall–Kier alpha value is -2.87. The van der Waals surface area contributed by atoms with Crippen LogP contribution in [-0.2, 0) is 17.5 Å². The van der Waals surface area contributed by atoms with Crippen LogP contribution in [-0.4, -0.2) is 24.9 Å². The van der Waals surface area contributed by atoms with E-state index in [9.17, 15) is 22.8 Å². The summed E-state index contributed by atoms with van der Waals surface area (Å²) in [5.74, 6) is -1.06. The highest BCUT2D eigenvalue weighted by atomic mass is 19.4. The summed E-state index contributed by atoms with van der Waals surface area (Å²) in [7, 11) is 0. The lowest BCUT2D eigenvalue weighted by molar-refractivity contribution is -0.137. The highest BCUT2D eigenvalue weighted by Gasteiger charge is 2.30. The summed E-state index contributed by atoms with van der Waals surface area (Å²) in [6, 6.07) is 11.1. The van der Waals surface area contributed by atoms with E-state index in [2.05, 4.69) is 16.0 Å². The summed E-state index contributed by atoms with van der Waals surface area (Å²) >= 11 is 0. The van der Waals surface area contributed by atoms with Crippen molar-refractivity contribution in [3.05, 3.63) is 65.2 Å². The van der Waals surface area contributed by atoms with Gasteiger partial charge in [0, 0.05) is 17.8 Å². The van der Waals surface area contributed by atoms with Crippen LogP contribution in [0.5, 0.6) is 0 Å². The SMILES string of the molecule is CCNCc1ccccc1NC(=O)CNC(=O)c1ccc(C(F)(F)F)cc1. The summed E-state index contributed by atoms with van der Waals surface area (Å²) in [6.45, 7) is 3.05. The van der Waals surface area contributed by atoms with Crippen molar-refractivity contribution >= 4 is 17.5 Å². The number of carbonyl (C=O) groups is 2. The second-order valence-corrected chi connectivity index (χ2v) is 5.74. The minimum Gasteiger partial charge on any atom is -0.343 e. The van der Waals surface area contributed by atoms with Crippen LogP contribution in [0.25, 0.3) is 0 Å². The second kappa shape index (κ2) is 9.18. The van der Waals surface area contributed by atoms with Gasteiger partial charge in [0.1, 0.15) is 0 Å². The summed E-state index contributed by atoms with van der Waals surface area (Å²) in [4.78, 5) is 24.1. The van der Waals surface area contributed by atoms with E-state index in [-0.39, 0.29) is 12.1 Å². The first kappa shape index (κ1) is 20.4. The molecule has 0 aliphatic heterocycles. The zero-order chi connectivity index (χ0) is 19.9. The Balaban J connectivity index is 1.91. The van der Waals surface area contributed by atoms with E-state index in [1.54, 1.807) is 12.1 Å². The largest absolute Gasteiger partial charge is 0.416 e. The first-order valence-electron chi connectivity index (χ1n) is 8.35. The van der Waals surface area contributed by atoms with Crippen LogP contribution in [0.3, 0.4) is 0 Å². The first-order valence-corrected chi connectivity index (χ1v) is 8.35. The number of alkyl halides is 3. The molecule has 8 heteroatoms. The fourth-order valence-corrected chi connectivity index (χ4v) is 2.32. The number of para-hydroxylation sites is 1. The predicted octanol–water partition coefficient (Wildman–Crippen LogP) is 3.18. The number of halogens is 3. The second-order valence-electron chi connectivity index (χ2n) is 5.74. The number of hydrogen-bond acceptors (Lipinski definition) is 3. The summed E-state index contributed by atoms with van der Waals surface area (Å²) in [5, 5.41) is 8.27. The third-order valence-corrected chi connectivity index (χ3v) is 3.74. The molecule has 5 nitrogen and oxygen atoms in total. The van der Waals surface area contributed by atoms with Gasteiger partial charge in [-0.1, -0.05) is 25.1 Å². The molecule has 0 atom stereocenters. The van der Waals surface area contributed by atoms with E-state index in [0.717, 1.165) is 36.4 Å². The zero-order valence-electron chi connectivity index (χ0n) is 14.7. The molecule has 0 saturated carbocycles. The van der Waals surface area contributed by atoms with E-state index in [1.807, 2.05) is 19.1 Å². The van der Waals surface area contributed by atoms with Gasteiger partial charge in [-0.3, -0.25) is 9.59 Å². The van der Waals surface area contributed by atoms with Gasteiger partial charge in [-0.25, -0.2) is 0 Å². The van der Waals surface area contributed by atoms with Gasteiger partial charge in [-0.15, -0.1) is 0 Å². The zero-order valence-corrected chi connectivity index (χ0v) is 14.7. The fourth-order valence-electron chi connectivity index (χ4n) is 2.32. The highest BCUT2D eigenvalue weighted by Crippen LogP contribution is 2.29. The minimum absolute atomic E-state index is 0.0448. The van der Waals surface area contributed by atoms with Gasteiger partial charge in [0.25, 0.3) is 5.91 Å². The lowest BCUT2D eigenvalue weighted by atomic mass is 10.1. The molecule has 2 rings (SSSR count). The fraction of sp³-hybridized carbons (Fsp3) is 0.263. The molecule has 27 heavy (non-hydrogen) atoms. The number of amides is 2. The van der Waals surface area contributed by atoms with Crippen LogP contribution in [0.15, 0.2) is 48.5 Å². The van der Waals surface area contributed by atoms with Gasteiger partial charge in [-0.2, -0.15) is 13.2 Å². The van der Waals surface area contributed by atoms with Crippen molar-refractivity contribution in [2.75, 3.05) is 18.4 Å². The molecular weight excluding hydrogens is 359 g/mol. The number of benzene rings is 2. The molecule has 0 bridgehead atoms. The van der Waals surface area contributed by atoms with Gasteiger partial charge in [0.15, 0.2) is 0 Å². The molecule has 0 aromatic heterocycles. The summed E-state index contributed by atoms with van der Waals surface area (Å²) in [6.07, 6.45) is -4.46. The maximum Gasteiger partial charge on any atom is 0.416 e. The van der Waals surface area contributed by atoms with E-state index < -0.39 is 23.6 Å². The van der Waals surface area contributed by atoms with Crippen LogP contribution >= 0.6 is 0 Å². The van der Waals surface area contributed by atoms with Crippen molar-refractivity contribution in [1.29, 1.82) is 0 Å². The van der Waals surface area contributed by atoms with Crippen molar-refractivity contribution in [2.45, 2.75) is 19.6 Å². The number of rotatable bonds is 7. The highest BCUT2D eigenvalue weighted by molar-refractivity contribution is 5.99. The number of nitrogens with one attached hydrogen (secondary N) is 3. The summed E-state index contributed by atoms with van der Waals surface area (Å²) < 4.78 is 37.6. The van der Waals surface area contributed by atoms with Gasteiger partial charge < -0.3 is 16.0 Å². The molecule has 3 N–H and O–H groups in total. The maximum atomic E-state index is 12.5. The van der Waals surface area contributed by atoms with Crippen LogP contribution in [0.4, 0.5) is 18.9 Å². The third-order valence-electron chi connectivity index (χ3n) is 3.74. The van der Waals surface area contributed by atoms with E-state index in [0.29, 0.717) is 12.2 Å². The van der Waals surface area contributed by atoms with Gasteiger partial charge in [0.05, 0.1) is 12.1 Å². The average molecular weight is 379 g/mol. The molecule has 2 amide bonds. The lowest BCUT2D eigenvalue weighted by Gasteiger charge is -2.12. The molecule has 0 fully saturated rings. The van der Waals surface area contributed by atoms with Crippen molar-refractivity contribution in [3.8, 4) is 0 Å². The monoisotopic (exact) mass is 379 g/mol. The minimum atomic E-state index is -4.46. The quantitative estimate of drug-likeness (QED) is 0.692. The van der Waals surface area contributed by atoms with Gasteiger partial charge >= 0.3 is 6.18 Å². The Kier molecular flexibility index (Phi) is 6.95. The van der Waals surface area contributed by atoms with Crippen LogP contribution in [0, 0.1) is 0 Å². The molecule has 144 valence electrons. The standard InChI is InChI=1S/C19H20F3N3O2/c1-2-23-11-14-5-3-4-6-16(14)25-17(26)12-24-18(27)13-7-9-15(10-8-13)19(20,21)22/h3-10,23H,2,11-12H2,1H3,(H,24,27)(H,25,26). The van der Waals surface area contributed by atoms with Crippen molar-refractivity contribution in [2.24, 2.45) is 0 Å². The number of anilines is 1. The Bertz CT molecular complexity index is 790. The van der Waals surface area contributed by atoms with E-state index in [1.165, 1.54) is 0 Å². The molecule has 2 aromatic carbocycles. The molecule has 2 aromatic rings. The topological polar surface area (TPSA) is 70.2 Å². The molecular formula is C19H20F3N3O2. The molecule has 0 radical (unpaired) electrons. The molecule has 0 heterocycles. The van der Waals surface area contributed by atoms with Crippen molar-refractivity contribution < 1.29 is 22.8 Å². The maximum absolute atomic E-state index is 12.5. The van der Waals surface area contributed by atoms with Gasteiger partial charge in [0.2, 0.25) is 5.91 Å². The Morgan fingerprint density at radius 3 is 2.30 bits per heavy atom. The van der Waals surface area contributed by atoms with Crippen LogP contribution in [0.1, 0.15) is 28.4 Å². The number of carbonyl (C=O) groups excluding carboxylic acids is 2. The van der Waals surface area contributed by atoms with Crippen LogP contribution in [0.2, 0.25) is 0 Å². The molecule has 0 aliphatic rings. The van der Waals surface area contributed by atoms with Crippen LogP contribution < -0.4 is 16.0 Å². The third kappa shape index (κ3) is 6.10. The Labute approximate surface area is 155 Å². The van der Waals surface area contributed by atoms with E-state index in [4.69, 9.17) is 0 Å². The molecule has 0 spiro atoms. The molecule has 0 saturated heterocycles. The summed E-state index contributed by atoms with van der Waals surface area (Å²) in [5.41, 5.74) is 0.742. The number of hydrogen-bond donors (Lipinski definition) is 3. The smallest absolute Gasteiger partial charge is 0.343 e. The molecule has 0 aliphatic carbocycles. The normalized spacial score (nSPS) is 11.1. The van der Waals surface area contributed by atoms with Crippen molar-refractivity contribution in [1.82, 2.24) is 10.6 Å².